The van der Waals surface area contributed by atoms with Crippen LogP contribution in [-0.4, -0.2) is 26.0 Å². The van der Waals surface area contributed by atoms with Crippen LogP contribution in [0, 0.1) is 23.0 Å². The summed E-state index contributed by atoms with van der Waals surface area (Å²) in [5.41, 5.74) is -0.179. The fourth-order valence-corrected chi connectivity index (χ4v) is 6.00. The molecule has 2 aromatic carbocycles. The molecule has 6 nitrogen and oxygen atoms in total. The van der Waals surface area contributed by atoms with E-state index in [1.165, 1.54) is 0 Å². The quantitative estimate of drug-likeness (QED) is 0.720. The molecule has 160 valence electrons. The molecule has 1 aliphatic carbocycles. The highest BCUT2D eigenvalue weighted by Gasteiger charge is 2.48. The minimum absolute atomic E-state index is 0.00655. The number of nitrogens with one attached hydrogen (secondary N) is 1. The maximum absolute atomic E-state index is 14.9. The number of carbonyl (C=O) groups excluding carboxylic acids is 1. The van der Waals surface area contributed by atoms with Crippen molar-refractivity contribution in [3.05, 3.63) is 76.4 Å². The first-order valence-corrected chi connectivity index (χ1v) is 11.3. The van der Waals surface area contributed by atoms with Gasteiger partial charge in [-0.05, 0) is 30.5 Å². The Labute approximate surface area is 178 Å². The van der Waals surface area contributed by atoms with Crippen LogP contribution >= 0.6 is 0 Å². The van der Waals surface area contributed by atoms with Gasteiger partial charge >= 0.3 is 6.09 Å². The second kappa shape index (κ2) is 7.78. The number of hydrogen-bond donors (Lipinski definition) is 1. The van der Waals surface area contributed by atoms with E-state index < -0.39 is 38.5 Å². The number of hydrogen-bond acceptors (Lipinski definition) is 5. The van der Waals surface area contributed by atoms with Crippen LogP contribution in [0.1, 0.15) is 24.0 Å². The van der Waals surface area contributed by atoms with Crippen molar-refractivity contribution < 1.29 is 26.7 Å². The Bertz CT molecular complexity index is 1190. The monoisotopic (exact) mass is 444 g/mol. The molecule has 31 heavy (non-hydrogen) atoms. The summed E-state index contributed by atoms with van der Waals surface area (Å²) in [6.45, 7) is -0.00655. The van der Waals surface area contributed by atoms with Crippen LogP contribution in [0.15, 0.2) is 53.6 Å². The molecule has 0 saturated heterocycles. The molecule has 1 N–H and O–H groups in total. The molecule has 0 aromatic heterocycles. The molecule has 9 heteroatoms. The van der Waals surface area contributed by atoms with Gasteiger partial charge in [-0.3, -0.25) is 5.32 Å². The number of benzene rings is 2. The van der Waals surface area contributed by atoms with E-state index in [0.29, 0.717) is 11.1 Å². The number of amides is 1. The third kappa shape index (κ3) is 4.16. The van der Waals surface area contributed by atoms with E-state index >= 15 is 0 Å². The summed E-state index contributed by atoms with van der Waals surface area (Å²) < 4.78 is 58.4. The Morgan fingerprint density at radius 1 is 1.10 bits per heavy atom. The van der Waals surface area contributed by atoms with Gasteiger partial charge in [0.25, 0.3) is 0 Å². The number of nitriles is 1. The van der Waals surface area contributed by atoms with Crippen molar-refractivity contribution in [2.24, 2.45) is 0 Å². The largest absolute Gasteiger partial charge is 0.444 e. The molecule has 2 aliphatic rings. The first-order chi connectivity index (χ1) is 14.7. The van der Waals surface area contributed by atoms with Crippen molar-refractivity contribution in [2.45, 2.75) is 24.9 Å². The highest BCUT2D eigenvalue weighted by molar-refractivity contribution is 7.92. The maximum Gasteiger partial charge on any atom is 0.411 e. The fourth-order valence-electron chi connectivity index (χ4n) is 4.22. The Hall–Kier alpha value is -3.25. The Morgan fingerprint density at radius 2 is 1.68 bits per heavy atom. The van der Waals surface area contributed by atoms with E-state index in [-0.39, 0.29) is 36.6 Å². The molecule has 0 saturated carbocycles. The van der Waals surface area contributed by atoms with E-state index in [0.717, 1.165) is 17.7 Å². The van der Waals surface area contributed by atoms with E-state index in [4.69, 9.17) is 4.74 Å². The molecular formula is C22H18F2N2O4S. The van der Waals surface area contributed by atoms with E-state index in [1.807, 2.05) is 12.1 Å². The van der Waals surface area contributed by atoms with Crippen LogP contribution in [0.25, 0.3) is 0 Å². The van der Waals surface area contributed by atoms with Gasteiger partial charge in [-0.15, -0.1) is 0 Å². The van der Waals surface area contributed by atoms with E-state index in [2.05, 4.69) is 5.32 Å². The normalized spacial score (nSPS) is 18.4. The fraction of sp³-hybridized carbons (Fsp3) is 0.273. The minimum atomic E-state index is -3.24. The summed E-state index contributed by atoms with van der Waals surface area (Å²) in [6.07, 6.45) is -0.938. The smallest absolute Gasteiger partial charge is 0.411 e. The number of rotatable bonds is 4. The zero-order valence-electron chi connectivity index (χ0n) is 16.3. The van der Waals surface area contributed by atoms with Gasteiger partial charge in [0.05, 0.1) is 23.0 Å². The van der Waals surface area contributed by atoms with Crippen molar-refractivity contribution in [1.82, 2.24) is 0 Å². The van der Waals surface area contributed by atoms with Gasteiger partial charge in [-0.1, -0.05) is 41.5 Å². The molecule has 0 atom stereocenters. The first kappa shape index (κ1) is 21.0. The molecular weight excluding hydrogens is 426 g/mol. The molecule has 4 rings (SSSR count). The summed E-state index contributed by atoms with van der Waals surface area (Å²) in [5, 5.41) is 12.0. The van der Waals surface area contributed by atoms with Crippen molar-refractivity contribution in [1.29, 1.82) is 5.26 Å². The topological polar surface area (TPSA) is 96.3 Å². The minimum Gasteiger partial charge on any atom is -0.444 e. The predicted octanol–water partition coefficient (Wildman–Crippen LogP) is 3.99. The van der Waals surface area contributed by atoms with Crippen LogP contribution in [0.3, 0.4) is 0 Å². The third-order valence-electron chi connectivity index (χ3n) is 5.51. The molecule has 1 amide bonds. The standard InChI is InChI=1S/C22H18F2N2O4S/c23-18-6-17(26-21(27)30-10-14-4-2-1-3-5-14)7-19(24)20(18)22(13-25)8-15-11-31(28,29)12-16(15)9-22/h1-7H,8-12H2,(H,26,27). The number of halogens is 2. The van der Waals surface area contributed by atoms with E-state index in [1.54, 1.807) is 24.3 Å². The molecule has 0 fully saturated rings. The zero-order valence-corrected chi connectivity index (χ0v) is 17.1. The van der Waals surface area contributed by atoms with Crippen LogP contribution in [0.5, 0.6) is 0 Å². The Morgan fingerprint density at radius 3 is 2.23 bits per heavy atom. The average Bonchev–Trinajstić information content (AvgIpc) is 3.17. The average molecular weight is 444 g/mol. The Kier molecular flexibility index (Phi) is 5.27. The van der Waals surface area contributed by atoms with Gasteiger partial charge in [-0.25, -0.2) is 22.0 Å². The van der Waals surface area contributed by atoms with Crippen LogP contribution in [0.2, 0.25) is 0 Å². The second-order valence-corrected chi connectivity index (χ2v) is 9.85. The summed E-state index contributed by atoms with van der Waals surface area (Å²) in [6, 6.07) is 12.8. The summed E-state index contributed by atoms with van der Waals surface area (Å²) in [4.78, 5) is 12.0. The summed E-state index contributed by atoms with van der Waals surface area (Å²) in [7, 11) is -3.24. The van der Waals surface area contributed by atoms with Gasteiger partial charge in [0.1, 0.15) is 18.2 Å². The van der Waals surface area contributed by atoms with Gasteiger partial charge in [0.15, 0.2) is 9.84 Å². The molecule has 1 heterocycles. The number of sulfone groups is 1. The van der Waals surface area contributed by atoms with Gasteiger partial charge < -0.3 is 4.74 Å². The molecule has 1 aliphatic heterocycles. The van der Waals surface area contributed by atoms with Crippen LogP contribution in [0.4, 0.5) is 19.3 Å². The lowest BCUT2D eigenvalue weighted by atomic mass is 9.77. The lowest BCUT2D eigenvalue weighted by Crippen LogP contribution is -2.27. The number of carbonyl (C=O) groups is 1. The van der Waals surface area contributed by atoms with Gasteiger partial charge in [0.2, 0.25) is 0 Å². The maximum atomic E-state index is 14.9. The first-order valence-electron chi connectivity index (χ1n) is 9.50. The van der Waals surface area contributed by atoms with Crippen molar-refractivity contribution >= 4 is 21.6 Å². The van der Waals surface area contributed by atoms with E-state index in [9.17, 15) is 27.3 Å². The summed E-state index contributed by atoms with van der Waals surface area (Å²) in [5.74, 6) is -2.32. The highest BCUT2D eigenvalue weighted by atomic mass is 32.2. The highest BCUT2D eigenvalue weighted by Crippen LogP contribution is 2.49. The molecule has 0 unspecified atom stereocenters. The van der Waals surface area contributed by atoms with Crippen molar-refractivity contribution in [3.8, 4) is 6.07 Å². The van der Waals surface area contributed by atoms with Crippen molar-refractivity contribution in [3.63, 3.8) is 0 Å². The van der Waals surface area contributed by atoms with Gasteiger partial charge in [0, 0.05) is 11.3 Å². The predicted molar refractivity (Wildman–Crippen MR) is 109 cm³/mol. The van der Waals surface area contributed by atoms with Crippen LogP contribution in [-0.2, 0) is 26.6 Å². The lowest BCUT2D eigenvalue weighted by Gasteiger charge is -2.24. The third-order valence-corrected chi connectivity index (χ3v) is 7.09. The van der Waals surface area contributed by atoms with Crippen molar-refractivity contribution in [2.75, 3.05) is 16.8 Å². The second-order valence-electron chi connectivity index (χ2n) is 7.79. The molecule has 0 radical (unpaired) electrons. The molecule has 2 aromatic rings. The zero-order chi connectivity index (χ0) is 22.2. The molecule has 0 spiro atoms. The number of ether oxygens (including phenoxy) is 1. The Balaban J connectivity index is 1.50. The molecule has 0 bridgehead atoms. The number of nitrogens with zero attached hydrogens (tertiary/aromatic N) is 1. The SMILES string of the molecule is N#CC1(c2c(F)cc(NC(=O)OCc3ccccc3)cc2F)CC2=C(C1)CS(=O)(=O)C2. The lowest BCUT2D eigenvalue weighted by molar-refractivity contribution is 0.155. The van der Waals surface area contributed by atoms with Crippen LogP contribution < -0.4 is 5.32 Å². The van der Waals surface area contributed by atoms with Gasteiger partial charge in [-0.2, -0.15) is 5.26 Å². The summed E-state index contributed by atoms with van der Waals surface area (Å²) >= 11 is 0. The number of anilines is 1.